The van der Waals surface area contributed by atoms with E-state index < -0.39 is 0 Å². The molecule has 146 valence electrons. The fraction of sp³-hybridized carbons (Fsp3) is 0.227. The Balaban J connectivity index is 2.09. The lowest BCUT2D eigenvalue weighted by Gasteiger charge is -2.21. The number of allylic oxidation sites excluding steroid dienone is 2. The molecule has 0 bridgehead atoms. The third-order valence-corrected chi connectivity index (χ3v) is 4.82. The Morgan fingerprint density at radius 1 is 1.25 bits per heavy atom. The Kier molecular flexibility index (Phi) is 5.89. The van der Waals surface area contributed by atoms with Crippen molar-refractivity contribution in [2.75, 3.05) is 18.9 Å². The molecule has 1 aliphatic rings. The van der Waals surface area contributed by atoms with Crippen molar-refractivity contribution in [3.63, 3.8) is 0 Å². The van der Waals surface area contributed by atoms with Gasteiger partial charge in [0.1, 0.15) is 5.75 Å². The van der Waals surface area contributed by atoms with Crippen molar-refractivity contribution in [3.8, 4) is 5.75 Å². The normalized spacial score (nSPS) is 18.4. The first-order valence-corrected chi connectivity index (χ1v) is 9.32. The maximum atomic E-state index is 9.55. The monoisotopic (exact) mass is 377 g/mol. The topological polar surface area (TPSA) is 106 Å². The van der Waals surface area contributed by atoms with E-state index in [9.17, 15) is 5.11 Å². The minimum atomic E-state index is 0.0606. The van der Waals surface area contributed by atoms with Gasteiger partial charge >= 0.3 is 0 Å². The number of fused-ring (bicyclic) bond motifs is 1. The first kappa shape index (κ1) is 19.4. The zero-order valence-electron chi connectivity index (χ0n) is 16.2. The number of phenolic OH excluding ortho intramolecular Hbond substituents is 1. The molecule has 6 heteroatoms. The van der Waals surface area contributed by atoms with E-state index in [-0.39, 0.29) is 11.8 Å². The van der Waals surface area contributed by atoms with Gasteiger partial charge in [-0.05, 0) is 54.8 Å². The number of nitrogens with two attached hydrogens (primary N) is 1. The van der Waals surface area contributed by atoms with E-state index in [2.05, 4.69) is 28.1 Å². The van der Waals surface area contributed by atoms with E-state index in [1.54, 1.807) is 12.1 Å². The molecule has 28 heavy (non-hydrogen) atoms. The van der Waals surface area contributed by atoms with Crippen molar-refractivity contribution < 1.29 is 5.11 Å². The minimum Gasteiger partial charge on any atom is -0.508 e. The predicted molar refractivity (Wildman–Crippen MR) is 116 cm³/mol. The molecular weight excluding hydrogens is 350 g/mol. The van der Waals surface area contributed by atoms with Gasteiger partial charge in [0.05, 0.1) is 11.7 Å². The molecule has 2 aromatic carbocycles. The number of rotatable bonds is 5. The Morgan fingerprint density at radius 3 is 2.64 bits per heavy atom. The molecule has 2 aromatic rings. The van der Waals surface area contributed by atoms with Crippen LogP contribution in [-0.4, -0.2) is 24.9 Å². The molecule has 1 unspecified atom stereocenters. The molecular formula is C22H27N5O. The highest BCUT2D eigenvalue weighted by atomic mass is 16.3. The van der Waals surface area contributed by atoms with Crippen molar-refractivity contribution in [1.29, 1.82) is 5.41 Å². The molecule has 0 saturated carbocycles. The average molecular weight is 377 g/mol. The van der Waals surface area contributed by atoms with E-state index in [0.29, 0.717) is 0 Å². The lowest BCUT2D eigenvalue weighted by atomic mass is 9.92. The summed E-state index contributed by atoms with van der Waals surface area (Å²) in [6, 6.07) is 13.3. The first-order chi connectivity index (χ1) is 13.5. The second-order valence-electron chi connectivity index (χ2n) is 6.85. The largest absolute Gasteiger partial charge is 0.508 e. The minimum absolute atomic E-state index is 0.0606. The number of hydrogen-bond donors (Lipinski definition) is 6. The number of anilines is 1. The second kappa shape index (κ2) is 8.52. The van der Waals surface area contributed by atoms with Crippen LogP contribution in [-0.2, 0) is 0 Å². The fourth-order valence-electron chi connectivity index (χ4n) is 3.47. The van der Waals surface area contributed by atoms with Crippen LogP contribution in [0, 0.1) is 5.41 Å². The summed E-state index contributed by atoms with van der Waals surface area (Å²) in [5, 5.41) is 27.3. The Labute approximate surface area is 165 Å². The highest BCUT2D eigenvalue weighted by Crippen LogP contribution is 2.34. The standard InChI is InChI=1S/C22H27N5O/c1-14(24)22-19-8-3-15(16(12-23)13-25-2)11-20(19)21(9-10-26-22)27-17-4-6-18(28)7-5-17/h3-8,11-13,21,23,25-28H,9-10,24H2,1-2H3/b16-13+,22-14-,23-12?. The highest BCUT2D eigenvalue weighted by Gasteiger charge is 2.23. The van der Waals surface area contributed by atoms with Gasteiger partial charge in [-0.1, -0.05) is 12.1 Å². The number of aromatic hydroxyl groups is 1. The Morgan fingerprint density at radius 2 is 2.00 bits per heavy atom. The summed E-state index contributed by atoms with van der Waals surface area (Å²) < 4.78 is 0. The van der Waals surface area contributed by atoms with Crippen LogP contribution < -0.4 is 21.7 Å². The van der Waals surface area contributed by atoms with Crippen molar-refractivity contribution in [3.05, 3.63) is 71.1 Å². The molecule has 1 atom stereocenters. The van der Waals surface area contributed by atoms with Crippen molar-refractivity contribution in [2.24, 2.45) is 5.73 Å². The Hall–Kier alpha value is -3.41. The molecule has 1 aliphatic heterocycles. The number of hydrogen-bond acceptors (Lipinski definition) is 6. The fourth-order valence-corrected chi connectivity index (χ4v) is 3.47. The molecule has 0 aliphatic carbocycles. The summed E-state index contributed by atoms with van der Waals surface area (Å²) in [6.07, 6.45) is 4.03. The zero-order valence-corrected chi connectivity index (χ0v) is 16.2. The highest BCUT2D eigenvalue weighted by molar-refractivity contribution is 6.08. The molecule has 0 amide bonds. The van der Waals surface area contributed by atoms with Crippen LogP contribution in [0.25, 0.3) is 11.3 Å². The van der Waals surface area contributed by atoms with Gasteiger partial charge in [-0.15, -0.1) is 0 Å². The van der Waals surface area contributed by atoms with Crippen LogP contribution in [0.1, 0.15) is 36.1 Å². The lowest BCUT2D eigenvalue weighted by molar-refractivity contribution is 0.475. The van der Waals surface area contributed by atoms with Crippen molar-refractivity contribution >= 4 is 23.2 Å². The summed E-state index contributed by atoms with van der Waals surface area (Å²) in [5.41, 5.74) is 12.7. The summed E-state index contributed by atoms with van der Waals surface area (Å²) in [7, 11) is 1.82. The number of benzene rings is 2. The molecule has 0 fully saturated rings. The van der Waals surface area contributed by atoms with Gasteiger partial charge in [0, 0.05) is 48.5 Å². The zero-order chi connectivity index (χ0) is 20.1. The Bertz CT molecular complexity index is 911. The van der Waals surface area contributed by atoms with E-state index >= 15 is 0 Å². The van der Waals surface area contributed by atoms with Gasteiger partial charge in [-0.25, -0.2) is 0 Å². The third kappa shape index (κ3) is 4.11. The van der Waals surface area contributed by atoms with Crippen LogP contribution in [0.3, 0.4) is 0 Å². The van der Waals surface area contributed by atoms with Crippen LogP contribution in [0.4, 0.5) is 5.69 Å². The summed E-state index contributed by atoms with van der Waals surface area (Å²) >= 11 is 0. The third-order valence-electron chi connectivity index (χ3n) is 4.82. The van der Waals surface area contributed by atoms with E-state index in [1.165, 1.54) is 6.21 Å². The van der Waals surface area contributed by atoms with E-state index in [1.807, 2.05) is 38.4 Å². The average Bonchev–Trinajstić information content (AvgIpc) is 2.87. The molecule has 1 heterocycles. The van der Waals surface area contributed by atoms with E-state index in [0.717, 1.165) is 52.3 Å². The van der Waals surface area contributed by atoms with Crippen LogP contribution in [0.5, 0.6) is 5.75 Å². The molecule has 3 rings (SSSR count). The maximum absolute atomic E-state index is 9.55. The van der Waals surface area contributed by atoms with E-state index in [4.69, 9.17) is 11.1 Å². The van der Waals surface area contributed by atoms with Gasteiger partial charge in [-0.3, -0.25) is 0 Å². The van der Waals surface area contributed by atoms with Crippen LogP contribution >= 0.6 is 0 Å². The summed E-state index contributed by atoms with van der Waals surface area (Å²) in [6.45, 7) is 2.69. The first-order valence-electron chi connectivity index (χ1n) is 9.32. The van der Waals surface area contributed by atoms with Gasteiger partial charge in [-0.2, -0.15) is 0 Å². The quantitative estimate of drug-likeness (QED) is 0.354. The SMILES string of the molecule is CN/C=C(\C=N)c1ccc2c(c1)C(Nc1ccc(O)cc1)CCN/C2=C(/C)N. The predicted octanol–water partition coefficient (Wildman–Crippen LogP) is 3.40. The lowest BCUT2D eigenvalue weighted by Crippen LogP contribution is -2.16. The molecule has 0 aromatic heterocycles. The van der Waals surface area contributed by atoms with Crippen LogP contribution in [0.15, 0.2) is 54.4 Å². The molecule has 0 spiro atoms. The van der Waals surface area contributed by atoms with Crippen molar-refractivity contribution in [2.45, 2.75) is 19.4 Å². The molecule has 6 nitrogen and oxygen atoms in total. The van der Waals surface area contributed by atoms with Gasteiger partial charge in [0.25, 0.3) is 0 Å². The van der Waals surface area contributed by atoms with Crippen LogP contribution in [0.2, 0.25) is 0 Å². The number of phenols is 1. The summed E-state index contributed by atoms with van der Waals surface area (Å²) in [5.74, 6) is 0.243. The molecule has 7 N–H and O–H groups in total. The molecule has 0 saturated heterocycles. The number of nitrogens with one attached hydrogen (secondary N) is 4. The van der Waals surface area contributed by atoms with Gasteiger partial charge < -0.3 is 32.2 Å². The van der Waals surface area contributed by atoms with Crippen molar-refractivity contribution in [1.82, 2.24) is 10.6 Å². The molecule has 0 radical (unpaired) electrons. The maximum Gasteiger partial charge on any atom is 0.115 e. The summed E-state index contributed by atoms with van der Waals surface area (Å²) in [4.78, 5) is 0. The van der Waals surface area contributed by atoms with Gasteiger partial charge in [0.2, 0.25) is 0 Å². The van der Waals surface area contributed by atoms with Gasteiger partial charge in [0.15, 0.2) is 0 Å². The second-order valence-corrected chi connectivity index (χ2v) is 6.85. The smallest absolute Gasteiger partial charge is 0.115 e.